The zero-order valence-electron chi connectivity index (χ0n) is 29.3. The number of carbonyl (C=O) groups excluding carboxylic acids is 4. The molecule has 1 aliphatic carbocycles. The van der Waals surface area contributed by atoms with Gasteiger partial charge in [-0.25, -0.2) is 0 Å². The SMILES string of the molecule is Cc1ccc(-c2c(C)noc2C)cc1N(C[C@H]1CC[C@H](CNc2ccc3c(c2)C(=O)N(C2CCC(=O)NC2=O)C3=O)CC1)c1ccc(C#N)c(Cl)c1. The second-order valence-corrected chi connectivity index (χ2v) is 14.5. The molecule has 0 radical (unpaired) electrons. The van der Waals surface area contributed by atoms with Gasteiger partial charge in [0, 0.05) is 42.1 Å². The molecular formula is C40H39ClN6O5. The lowest BCUT2D eigenvalue weighted by Crippen LogP contribution is -2.54. The third-order valence-electron chi connectivity index (χ3n) is 10.6. The second-order valence-electron chi connectivity index (χ2n) is 14.1. The van der Waals surface area contributed by atoms with E-state index in [0.717, 1.165) is 88.9 Å². The van der Waals surface area contributed by atoms with Crippen molar-refractivity contribution in [1.82, 2.24) is 15.4 Å². The smallest absolute Gasteiger partial charge is 0.262 e. The van der Waals surface area contributed by atoms with Gasteiger partial charge in [0.25, 0.3) is 11.8 Å². The van der Waals surface area contributed by atoms with Crippen molar-refractivity contribution in [2.24, 2.45) is 11.8 Å². The van der Waals surface area contributed by atoms with Gasteiger partial charge in [-0.05, 0) is 118 Å². The van der Waals surface area contributed by atoms with E-state index in [2.05, 4.69) is 51.9 Å². The van der Waals surface area contributed by atoms with Crippen LogP contribution in [0.1, 0.15) is 81.8 Å². The van der Waals surface area contributed by atoms with Crippen LogP contribution in [0, 0.1) is 43.9 Å². The first-order valence-corrected chi connectivity index (χ1v) is 18.0. The highest BCUT2D eigenvalue weighted by Gasteiger charge is 2.44. The number of piperidine rings is 1. The highest BCUT2D eigenvalue weighted by Crippen LogP contribution is 2.39. The third-order valence-corrected chi connectivity index (χ3v) is 11.0. The van der Waals surface area contributed by atoms with Gasteiger partial charge in [-0.2, -0.15) is 5.26 Å². The lowest BCUT2D eigenvalue weighted by molar-refractivity contribution is -0.136. The molecule has 4 amide bonds. The molecule has 266 valence electrons. The Kier molecular flexibility index (Phi) is 9.60. The van der Waals surface area contributed by atoms with Crippen LogP contribution in [0.3, 0.4) is 0 Å². The first-order chi connectivity index (χ1) is 25.0. The number of hydrogen-bond donors (Lipinski definition) is 2. The molecule has 2 aliphatic heterocycles. The Morgan fingerprint density at radius 1 is 0.942 bits per heavy atom. The quantitative estimate of drug-likeness (QED) is 0.171. The van der Waals surface area contributed by atoms with Crippen molar-refractivity contribution in [1.29, 1.82) is 5.26 Å². The van der Waals surface area contributed by atoms with E-state index in [9.17, 15) is 24.4 Å². The van der Waals surface area contributed by atoms with Crippen LogP contribution in [0.2, 0.25) is 5.02 Å². The van der Waals surface area contributed by atoms with Crippen molar-refractivity contribution in [3.05, 3.63) is 93.3 Å². The van der Waals surface area contributed by atoms with E-state index < -0.39 is 29.7 Å². The average Bonchev–Trinajstić information content (AvgIpc) is 3.60. The summed E-state index contributed by atoms with van der Waals surface area (Å²) in [6.45, 7) is 7.46. The molecule has 7 rings (SSSR count). The van der Waals surface area contributed by atoms with E-state index in [1.54, 1.807) is 24.3 Å². The fraction of sp³-hybridized carbons (Fsp3) is 0.350. The molecular weight excluding hydrogens is 680 g/mol. The second kappa shape index (κ2) is 14.3. The van der Waals surface area contributed by atoms with E-state index in [1.165, 1.54) is 0 Å². The lowest BCUT2D eigenvalue weighted by Gasteiger charge is -2.35. The van der Waals surface area contributed by atoms with E-state index in [-0.39, 0.29) is 24.0 Å². The fourth-order valence-electron chi connectivity index (χ4n) is 7.78. The van der Waals surface area contributed by atoms with Gasteiger partial charge in [-0.3, -0.25) is 29.4 Å². The summed E-state index contributed by atoms with van der Waals surface area (Å²) in [6, 6.07) is 18.3. The van der Waals surface area contributed by atoms with Gasteiger partial charge in [-0.1, -0.05) is 28.9 Å². The van der Waals surface area contributed by atoms with Gasteiger partial charge in [0.15, 0.2) is 0 Å². The fourth-order valence-corrected chi connectivity index (χ4v) is 7.99. The van der Waals surface area contributed by atoms with Crippen molar-refractivity contribution in [2.75, 3.05) is 23.3 Å². The molecule has 1 aromatic heterocycles. The predicted octanol–water partition coefficient (Wildman–Crippen LogP) is 7.25. The normalized spacial score (nSPS) is 20.1. The monoisotopic (exact) mass is 718 g/mol. The Bertz CT molecular complexity index is 2130. The molecule has 3 heterocycles. The first kappa shape index (κ1) is 35.0. The maximum Gasteiger partial charge on any atom is 0.262 e. The third kappa shape index (κ3) is 6.66. The molecule has 1 saturated heterocycles. The number of fused-ring (bicyclic) bond motifs is 1. The van der Waals surface area contributed by atoms with Gasteiger partial charge in [0.1, 0.15) is 17.9 Å². The Labute approximate surface area is 306 Å². The topological polar surface area (TPSA) is 149 Å². The summed E-state index contributed by atoms with van der Waals surface area (Å²) in [6.07, 6.45) is 4.28. The van der Waals surface area contributed by atoms with Crippen molar-refractivity contribution in [3.63, 3.8) is 0 Å². The predicted molar refractivity (Wildman–Crippen MR) is 196 cm³/mol. The minimum absolute atomic E-state index is 0.0803. The number of anilines is 3. The number of nitriles is 1. The minimum Gasteiger partial charge on any atom is -0.385 e. The van der Waals surface area contributed by atoms with Crippen LogP contribution in [0.5, 0.6) is 0 Å². The van der Waals surface area contributed by atoms with Crippen LogP contribution in [-0.2, 0) is 9.59 Å². The van der Waals surface area contributed by atoms with Crippen LogP contribution in [0.15, 0.2) is 59.1 Å². The van der Waals surface area contributed by atoms with Crippen LogP contribution in [0.4, 0.5) is 17.1 Å². The Morgan fingerprint density at radius 2 is 1.69 bits per heavy atom. The summed E-state index contributed by atoms with van der Waals surface area (Å²) in [5.74, 6) is -0.452. The van der Waals surface area contributed by atoms with Crippen LogP contribution >= 0.6 is 11.6 Å². The molecule has 11 nitrogen and oxygen atoms in total. The highest BCUT2D eigenvalue weighted by atomic mass is 35.5. The molecule has 2 N–H and O–H groups in total. The van der Waals surface area contributed by atoms with E-state index in [0.29, 0.717) is 22.4 Å². The van der Waals surface area contributed by atoms with Crippen molar-refractivity contribution >= 4 is 52.3 Å². The summed E-state index contributed by atoms with van der Waals surface area (Å²) >= 11 is 6.56. The number of halogens is 1. The number of amides is 4. The zero-order valence-corrected chi connectivity index (χ0v) is 30.0. The van der Waals surface area contributed by atoms with Crippen LogP contribution in [-0.4, -0.2) is 52.8 Å². The number of nitrogens with one attached hydrogen (secondary N) is 2. The van der Waals surface area contributed by atoms with Gasteiger partial charge in [-0.15, -0.1) is 0 Å². The Morgan fingerprint density at radius 3 is 2.38 bits per heavy atom. The molecule has 4 aromatic rings. The number of carbonyl (C=O) groups is 4. The van der Waals surface area contributed by atoms with E-state index in [1.807, 2.05) is 26.0 Å². The number of imide groups is 2. The molecule has 0 spiro atoms. The number of nitrogens with zero attached hydrogens (tertiary/aromatic N) is 4. The zero-order chi connectivity index (χ0) is 36.7. The molecule has 3 aliphatic rings. The Hall–Kier alpha value is -5.47. The molecule has 52 heavy (non-hydrogen) atoms. The molecule has 12 heteroatoms. The molecule has 2 fully saturated rings. The number of benzene rings is 3. The lowest BCUT2D eigenvalue weighted by atomic mass is 9.81. The number of aryl methyl sites for hydroxylation is 3. The van der Waals surface area contributed by atoms with Gasteiger partial charge in [0.2, 0.25) is 11.8 Å². The molecule has 1 saturated carbocycles. The van der Waals surface area contributed by atoms with Gasteiger partial charge >= 0.3 is 0 Å². The van der Waals surface area contributed by atoms with Crippen molar-refractivity contribution in [2.45, 2.75) is 65.3 Å². The maximum absolute atomic E-state index is 13.3. The first-order valence-electron chi connectivity index (χ1n) is 17.6. The minimum atomic E-state index is -0.989. The number of rotatable bonds is 9. The van der Waals surface area contributed by atoms with Gasteiger partial charge in [0.05, 0.1) is 27.4 Å². The van der Waals surface area contributed by atoms with Crippen molar-refractivity contribution < 1.29 is 23.7 Å². The van der Waals surface area contributed by atoms with E-state index in [4.69, 9.17) is 16.1 Å². The molecule has 1 unspecified atom stereocenters. The Balaban J connectivity index is 1.03. The van der Waals surface area contributed by atoms with E-state index >= 15 is 0 Å². The molecule has 3 aromatic carbocycles. The summed E-state index contributed by atoms with van der Waals surface area (Å²) < 4.78 is 5.48. The summed E-state index contributed by atoms with van der Waals surface area (Å²) in [5.41, 5.74) is 7.65. The highest BCUT2D eigenvalue weighted by molar-refractivity contribution is 6.32. The summed E-state index contributed by atoms with van der Waals surface area (Å²) in [5, 5.41) is 19.8. The number of hydrogen-bond acceptors (Lipinski definition) is 9. The van der Waals surface area contributed by atoms with Crippen LogP contribution in [0.25, 0.3) is 11.1 Å². The van der Waals surface area contributed by atoms with Crippen LogP contribution < -0.4 is 15.5 Å². The summed E-state index contributed by atoms with van der Waals surface area (Å²) in [7, 11) is 0. The molecule has 1 atom stereocenters. The largest absolute Gasteiger partial charge is 0.385 e. The maximum atomic E-state index is 13.3. The average molecular weight is 719 g/mol. The standard InChI is InChI=1S/C40H39ClN6O5/c1-22-4-9-27(37-23(2)45-52-24(37)3)16-35(22)46(30-12-10-28(19-42)33(41)18-30)21-26-7-5-25(6-8-26)20-43-29-11-13-31-32(17-29)40(51)47(39(31)50)34-14-15-36(48)44-38(34)49/h4,9-13,16-18,25-26,34,43H,5-8,14-15,20-21H2,1-3H3,(H,44,48,49)/t25-,26-,34?. The van der Waals surface area contributed by atoms with Gasteiger partial charge < -0.3 is 14.7 Å². The number of aromatic nitrogens is 1. The molecule has 0 bridgehead atoms. The summed E-state index contributed by atoms with van der Waals surface area (Å²) in [4.78, 5) is 53.7. The van der Waals surface area contributed by atoms with Crippen molar-refractivity contribution in [3.8, 4) is 17.2 Å².